The molecular formula is C19H14ClN3O8S2. The first kappa shape index (κ1) is 24.0. The van der Waals surface area contributed by atoms with Gasteiger partial charge in [0.05, 0.1) is 15.6 Å². The summed E-state index contributed by atoms with van der Waals surface area (Å²) in [5.74, 6) is -2.37. The molecule has 0 atom stereocenters. The molecule has 3 rings (SSSR count). The van der Waals surface area contributed by atoms with E-state index in [-0.39, 0.29) is 31.9 Å². The first-order valence-electron chi connectivity index (χ1n) is 8.87. The van der Waals surface area contributed by atoms with Crippen LogP contribution in [0.15, 0.2) is 58.1 Å². The number of aromatic hydroxyl groups is 1. The maximum Gasteiger partial charge on any atom is 0.342 e. The minimum atomic E-state index is -3.88. The van der Waals surface area contributed by atoms with Gasteiger partial charge in [-0.25, -0.2) is 13.2 Å². The van der Waals surface area contributed by atoms with Crippen LogP contribution in [0.5, 0.6) is 5.75 Å². The Hall–Kier alpha value is -3.68. The molecule has 172 valence electrons. The lowest BCUT2D eigenvalue weighted by atomic mass is 10.2. The third-order valence-corrected chi connectivity index (χ3v) is 7.09. The number of amides is 1. The summed E-state index contributed by atoms with van der Waals surface area (Å²) in [5.41, 5.74) is -0.580. The molecule has 0 saturated heterocycles. The number of carbonyl (C=O) groups excluding carboxylic acids is 2. The number of hydrogen-bond donors (Lipinski definition) is 3. The third kappa shape index (κ3) is 5.97. The molecule has 1 aromatic heterocycles. The second-order valence-corrected chi connectivity index (χ2v) is 9.58. The van der Waals surface area contributed by atoms with Gasteiger partial charge >= 0.3 is 5.97 Å². The molecule has 0 fully saturated rings. The standard InChI is InChI=1S/C19H14ClN3O8S2/c20-14-9-12(23(27)28)4-5-15(14)21-17(25)10-31-19(26)13-8-11(3-6-16(13)24)22-33(29,30)18-2-1-7-32-18/h1-9,22,24H,10H2,(H,21,25). The van der Waals surface area contributed by atoms with Crippen LogP contribution in [-0.2, 0) is 19.6 Å². The number of anilines is 2. The molecule has 11 nitrogen and oxygen atoms in total. The minimum Gasteiger partial charge on any atom is -0.507 e. The van der Waals surface area contributed by atoms with Gasteiger partial charge in [-0.05, 0) is 35.7 Å². The zero-order valence-electron chi connectivity index (χ0n) is 16.3. The largest absolute Gasteiger partial charge is 0.507 e. The van der Waals surface area contributed by atoms with E-state index in [9.17, 15) is 33.2 Å². The fourth-order valence-electron chi connectivity index (χ4n) is 2.50. The van der Waals surface area contributed by atoms with E-state index < -0.39 is 39.2 Å². The number of phenols is 1. The molecule has 33 heavy (non-hydrogen) atoms. The van der Waals surface area contributed by atoms with Crippen molar-refractivity contribution >= 4 is 61.9 Å². The predicted octanol–water partition coefficient (Wildman–Crippen LogP) is 3.61. The number of nitro groups is 1. The molecule has 3 N–H and O–H groups in total. The highest BCUT2D eigenvalue weighted by Crippen LogP contribution is 2.27. The van der Waals surface area contributed by atoms with Gasteiger partial charge in [-0.2, -0.15) is 0 Å². The average molecular weight is 512 g/mol. The topological polar surface area (TPSA) is 165 Å². The number of nitrogens with one attached hydrogen (secondary N) is 2. The highest BCUT2D eigenvalue weighted by molar-refractivity contribution is 7.94. The van der Waals surface area contributed by atoms with Crippen molar-refractivity contribution in [1.29, 1.82) is 0 Å². The average Bonchev–Trinajstić information content (AvgIpc) is 3.30. The Morgan fingerprint density at radius 2 is 1.94 bits per heavy atom. The molecule has 1 heterocycles. The summed E-state index contributed by atoms with van der Waals surface area (Å²) in [4.78, 5) is 34.5. The van der Waals surface area contributed by atoms with Gasteiger partial charge in [-0.15, -0.1) is 11.3 Å². The molecule has 3 aromatic rings. The first-order chi connectivity index (χ1) is 15.6. The molecule has 14 heteroatoms. The lowest BCUT2D eigenvalue weighted by molar-refractivity contribution is -0.384. The molecule has 0 bridgehead atoms. The van der Waals surface area contributed by atoms with E-state index in [1.165, 1.54) is 18.2 Å². The Labute approximate surface area is 195 Å². The summed E-state index contributed by atoms with van der Waals surface area (Å²) >= 11 is 6.89. The number of benzene rings is 2. The van der Waals surface area contributed by atoms with Crippen molar-refractivity contribution in [3.8, 4) is 5.75 Å². The van der Waals surface area contributed by atoms with Crippen LogP contribution in [0, 0.1) is 10.1 Å². The van der Waals surface area contributed by atoms with E-state index >= 15 is 0 Å². The van der Waals surface area contributed by atoms with Crippen molar-refractivity contribution in [2.75, 3.05) is 16.6 Å². The van der Waals surface area contributed by atoms with Gasteiger partial charge in [0.15, 0.2) is 6.61 Å². The maximum absolute atomic E-state index is 12.3. The molecule has 0 aliphatic carbocycles. The predicted molar refractivity (Wildman–Crippen MR) is 120 cm³/mol. The summed E-state index contributed by atoms with van der Waals surface area (Å²) < 4.78 is 31.8. The van der Waals surface area contributed by atoms with Gasteiger partial charge in [-0.1, -0.05) is 17.7 Å². The second kappa shape index (κ2) is 9.85. The van der Waals surface area contributed by atoms with Crippen LogP contribution in [0.4, 0.5) is 17.1 Å². The summed E-state index contributed by atoms with van der Waals surface area (Å²) in [7, 11) is -3.88. The van der Waals surface area contributed by atoms with Crippen molar-refractivity contribution in [3.05, 3.63) is 74.6 Å². The number of halogens is 1. The van der Waals surface area contributed by atoms with Crippen LogP contribution in [0.2, 0.25) is 5.02 Å². The molecule has 0 aliphatic rings. The molecule has 0 radical (unpaired) electrons. The van der Waals surface area contributed by atoms with Crippen molar-refractivity contribution in [1.82, 2.24) is 0 Å². The van der Waals surface area contributed by atoms with Gasteiger partial charge in [0.2, 0.25) is 0 Å². The molecule has 1 amide bonds. The number of nitrogens with zero attached hydrogens (tertiary/aromatic N) is 1. The van der Waals surface area contributed by atoms with Crippen LogP contribution in [-0.4, -0.2) is 36.9 Å². The number of esters is 1. The van der Waals surface area contributed by atoms with E-state index in [1.54, 1.807) is 11.4 Å². The molecule has 0 aliphatic heterocycles. The van der Waals surface area contributed by atoms with E-state index in [1.807, 2.05) is 0 Å². The molecule has 0 saturated carbocycles. The maximum atomic E-state index is 12.3. The van der Waals surface area contributed by atoms with Gasteiger partial charge in [-0.3, -0.25) is 19.6 Å². The van der Waals surface area contributed by atoms with Gasteiger partial charge in [0, 0.05) is 17.8 Å². The van der Waals surface area contributed by atoms with Crippen molar-refractivity contribution in [2.24, 2.45) is 0 Å². The van der Waals surface area contributed by atoms with E-state index in [2.05, 4.69) is 10.0 Å². The minimum absolute atomic E-state index is 0.00439. The van der Waals surface area contributed by atoms with Crippen LogP contribution in [0.3, 0.4) is 0 Å². The Kier molecular flexibility index (Phi) is 7.16. The Bertz CT molecular complexity index is 1330. The monoisotopic (exact) mass is 511 g/mol. The number of non-ortho nitro benzene ring substituents is 1. The lowest BCUT2D eigenvalue weighted by Gasteiger charge is -2.11. The highest BCUT2D eigenvalue weighted by atomic mass is 35.5. The number of carbonyl (C=O) groups is 2. The number of phenolic OH excluding ortho intramolecular Hbond substituents is 1. The van der Waals surface area contributed by atoms with Crippen molar-refractivity contribution < 1.29 is 32.8 Å². The van der Waals surface area contributed by atoms with Crippen LogP contribution < -0.4 is 10.0 Å². The van der Waals surface area contributed by atoms with Gasteiger partial charge in [0.1, 0.15) is 15.5 Å². The summed E-state index contributed by atoms with van der Waals surface area (Å²) in [6.07, 6.45) is 0. The Morgan fingerprint density at radius 1 is 1.18 bits per heavy atom. The van der Waals surface area contributed by atoms with Gasteiger partial charge in [0.25, 0.3) is 21.6 Å². The summed E-state index contributed by atoms with van der Waals surface area (Å²) in [6.45, 7) is -0.767. The third-order valence-electron chi connectivity index (χ3n) is 4.00. The Balaban J connectivity index is 1.65. The van der Waals surface area contributed by atoms with Crippen LogP contribution in [0.25, 0.3) is 0 Å². The first-order valence-corrected chi connectivity index (χ1v) is 11.6. The zero-order valence-corrected chi connectivity index (χ0v) is 18.7. The summed E-state index contributed by atoms with van der Waals surface area (Å²) in [6, 6.07) is 9.77. The van der Waals surface area contributed by atoms with Gasteiger partial charge < -0.3 is 15.2 Å². The van der Waals surface area contributed by atoms with Crippen molar-refractivity contribution in [3.63, 3.8) is 0 Å². The molecule has 0 spiro atoms. The summed E-state index contributed by atoms with van der Waals surface area (Å²) in [5, 5.41) is 24.5. The van der Waals surface area contributed by atoms with E-state index in [4.69, 9.17) is 16.3 Å². The van der Waals surface area contributed by atoms with Crippen molar-refractivity contribution in [2.45, 2.75) is 4.21 Å². The number of nitro benzene ring substituents is 1. The molecule has 0 unspecified atom stereocenters. The zero-order chi connectivity index (χ0) is 24.2. The normalized spacial score (nSPS) is 10.9. The number of sulfonamides is 1. The second-order valence-electron chi connectivity index (χ2n) is 6.32. The smallest absolute Gasteiger partial charge is 0.342 e. The van der Waals surface area contributed by atoms with Crippen LogP contribution in [0.1, 0.15) is 10.4 Å². The fourth-order valence-corrected chi connectivity index (χ4v) is 4.76. The number of thiophene rings is 1. The van der Waals surface area contributed by atoms with E-state index in [0.717, 1.165) is 35.6 Å². The van der Waals surface area contributed by atoms with E-state index in [0.29, 0.717) is 0 Å². The molecular weight excluding hydrogens is 498 g/mol. The Morgan fingerprint density at radius 3 is 2.58 bits per heavy atom. The SMILES string of the molecule is O=C(COC(=O)c1cc(NS(=O)(=O)c2cccs2)ccc1O)Nc1ccc([N+](=O)[O-])cc1Cl. The number of hydrogen-bond acceptors (Lipinski definition) is 9. The number of ether oxygens (including phenoxy) is 1. The lowest BCUT2D eigenvalue weighted by Crippen LogP contribution is -2.21. The quantitative estimate of drug-likeness (QED) is 0.178. The number of rotatable bonds is 8. The van der Waals surface area contributed by atoms with Crippen LogP contribution >= 0.6 is 22.9 Å². The fraction of sp³-hybridized carbons (Fsp3) is 0.0526. The highest BCUT2D eigenvalue weighted by Gasteiger charge is 2.20. The molecule has 2 aromatic carbocycles.